The lowest BCUT2D eigenvalue weighted by atomic mass is 10.0. The van der Waals surface area contributed by atoms with E-state index in [0.717, 1.165) is 28.8 Å². The maximum Gasteiger partial charge on any atom is 0.241 e. The van der Waals surface area contributed by atoms with E-state index in [9.17, 15) is 13.2 Å². The summed E-state index contributed by atoms with van der Waals surface area (Å²) in [4.78, 5) is 13.7. The Labute approximate surface area is 155 Å². The molecule has 0 spiro atoms. The zero-order chi connectivity index (χ0) is 18.9. The van der Waals surface area contributed by atoms with Crippen LogP contribution in [0.3, 0.4) is 0 Å². The first kappa shape index (κ1) is 18.6. The van der Waals surface area contributed by atoms with Crippen molar-refractivity contribution in [3.63, 3.8) is 0 Å². The van der Waals surface area contributed by atoms with Gasteiger partial charge in [-0.05, 0) is 62.6 Å². The summed E-state index contributed by atoms with van der Waals surface area (Å²) < 4.78 is 28.2. The fraction of sp³-hybridized carbons (Fsp3) is 0.350. The number of nitrogens with zero attached hydrogens (tertiary/aromatic N) is 1. The molecule has 1 aliphatic rings. The zero-order valence-corrected chi connectivity index (χ0v) is 16.1. The van der Waals surface area contributed by atoms with Crippen LogP contribution in [0.5, 0.6) is 0 Å². The number of carbonyl (C=O) groups excluding carboxylic acids is 1. The molecule has 1 unspecified atom stereocenters. The summed E-state index contributed by atoms with van der Waals surface area (Å²) in [5.41, 5.74) is 3.85. The van der Waals surface area contributed by atoms with Crippen molar-refractivity contribution in [2.24, 2.45) is 0 Å². The molecule has 1 amide bonds. The third-order valence-electron chi connectivity index (χ3n) is 4.77. The van der Waals surface area contributed by atoms with E-state index in [1.54, 1.807) is 29.2 Å². The summed E-state index contributed by atoms with van der Waals surface area (Å²) in [6, 6.07) is 12.2. The van der Waals surface area contributed by atoms with Gasteiger partial charge in [0.05, 0.1) is 4.90 Å². The molecule has 0 bridgehead atoms. The minimum Gasteiger partial charge on any atom is -0.312 e. The highest BCUT2D eigenvalue weighted by Crippen LogP contribution is 2.25. The lowest BCUT2D eigenvalue weighted by Crippen LogP contribution is -2.27. The van der Waals surface area contributed by atoms with Crippen molar-refractivity contribution >= 4 is 21.6 Å². The Morgan fingerprint density at radius 2 is 1.77 bits per heavy atom. The standard InChI is InChI=1S/C20H24N2O3S/c1-14-6-7-15(2)19(13-14)16(3)21-26(24,25)18-10-8-17(9-11-18)22-12-4-5-20(22)23/h6-11,13,16,21H,4-5,12H2,1-3H3. The van der Waals surface area contributed by atoms with Gasteiger partial charge in [-0.3, -0.25) is 4.79 Å². The monoisotopic (exact) mass is 372 g/mol. The summed E-state index contributed by atoms with van der Waals surface area (Å²) in [5, 5.41) is 0. The molecular formula is C20H24N2O3S. The average Bonchev–Trinajstić information content (AvgIpc) is 3.02. The fourth-order valence-corrected chi connectivity index (χ4v) is 4.54. The van der Waals surface area contributed by atoms with Gasteiger partial charge in [-0.2, -0.15) is 0 Å². The molecule has 2 aromatic carbocycles. The second kappa shape index (κ2) is 7.21. The van der Waals surface area contributed by atoms with Crippen molar-refractivity contribution in [1.82, 2.24) is 4.72 Å². The molecule has 6 heteroatoms. The smallest absolute Gasteiger partial charge is 0.241 e. The third-order valence-corrected chi connectivity index (χ3v) is 6.32. The largest absolute Gasteiger partial charge is 0.312 e. The van der Waals surface area contributed by atoms with Crippen molar-refractivity contribution < 1.29 is 13.2 Å². The molecule has 0 aromatic heterocycles. The maximum absolute atomic E-state index is 12.7. The highest BCUT2D eigenvalue weighted by Gasteiger charge is 2.23. The summed E-state index contributed by atoms with van der Waals surface area (Å²) in [6.45, 7) is 6.49. The Morgan fingerprint density at radius 1 is 1.08 bits per heavy atom. The van der Waals surface area contributed by atoms with Gasteiger partial charge < -0.3 is 4.90 Å². The zero-order valence-electron chi connectivity index (χ0n) is 15.3. The molecule has 1 saturated heterocycles. The van der Waals surface area contributed by atoms with Crippen LogP contribution in [-0.4, -0.2) is 20.9 Å². The first-order valence-corrected chi connectivity index (χ1v) is 10.3. The van der Waals surface area contributed by atoms with Crippen molar-refractivity contribution in [2.75, 3.05) is 11.4 Å². The molecule has 5 nitrogen and oxygen atoms in total. The molecule has 2 aromatic rings. The lowest BCUT2D eigenvalue weighted by Gasteiger charge is -2.19. The van der Waals surface area contributed by atoms with Gasteiger partial charge in [0, 0.05) is 24.7 Å². The number of hydrogen-bond donors (Lipinski definition) is 1. The summed E-state index contributed by atoms with van der Waals surface area (Å²) in [7, 11) is -3.64. The first-order chi connectivity index (χ1) is 12.3. The molecule has 1 fully saturated rings. The number of sulfonamides is 1. The Morgan fingerprint density at radius 3 is 2.38 bits per heavy atom. The Kier molecular flexibility index (Phi) is 5.16. The molecule has 138 valence electrons. The topological polar surface area (TPSA) is 66.5 Å². The number of carbonyl (C=O) groups is 1. The van der Waals surface area contributed by atoms with Gasteiger partial charge in [-0.15, -0.1) is 0 Å². The molecule has 1 atom stereocenters. The minimum absolute atomic E-state index is 0.0854. The van der Waals surface area contributed by atoms with Crippen LogP contribution in [-0.2, 0) is 14.8 Å². The van der Waals surface area contributed by atoms with Crippen molar-refractivity contribution in [1.29, 1.82) is 0 Å². The van der Waals surface area contributed by atoms with Gasteiger partial charge >= 0.3 is 0 Å². The van der Waals surface area contributed by atoms with E-state index in [1.807, 2.05) is 39.0 Å². The molecule has 1 N–H and O–H groups in total. The van der Waals surface area contributed by atoms with E-state index in [1.165, 1.54) is 0 Å². The summed E-state index contributed by atoms with van der Waals surface area (Å²) in [6.07, 6.45) is 1.39. The number of aryl methyl sites for hydroxylation is 2. The van der Waals surface area contributed by atoms with Gasteiger partial charge in [0.15, 0.2) is 0 Å². The van der Waals surface area contributed by atoms with E-state index >= 15 is 0 Å². The van der Waals surface area contributed by atoms with Crippen LogP contribution in [0.1, 0.15) is 42.5 Å². The second-order valence-electron chi connectivity index (χ2n) is 6.85. The van der Waals surface area contributed by atoms with E-state index in [-0.39, 0.29) is 16.8 Å². The molecule has 0 aliphatic carbocycles. The average molecular weight is 372 g/mol. The number of amides is 1. The molecule has 26 heavy (non-hydrogen) atoms. The van der Waals surface area contributed by atoms with Gasteiger partial charge in [0.1, 0.15) is 0 Å². The highest BCUT2D eigenvalue weighted by molar-refractivity contribution is 7.89. The first-order valence-electron chi connectivity index (χ1n) is 8.78. The van der Waals surface area contributed by atoms with Crippen LogP contribution in [0.2, 0.25) is 0 Å². The SMILES string of the molecule is Cc1ccc(C)c(C(C)NS(=O)(=O)c2ccc(N3CCCC3=O)cc2)c1. The lowest BCUT2D eigenvalue weighted by molar-refractivity contribution is -0.117. The highest BCUT2D eigenvalue weighted by atomic mass is 32.2. The van der Waals surface area contributed by atoms with Gasteiger partial charge in [-0.25, -0.2) is 13.1 Å². The summed E-state index contributed by atoms with van der Waals surface area (Å²) >= 11 is 0. The van der Waals surface area contributed by atoms with E-state index < -0.39 is 10.0 Å². The number of hydrogen-bond acceptors (Lipinski definition) is 3. The predicted octanol–water partition coefficient (Wildman–Crippen LogP) is 3.47. The van der Waals surface area contributed by atoms with Crippen molar-refractivity contribution in [3.8, 4) is 0 Å². The van der Waals surface area contributed by atoms with Crippen LogP contribution >= 0.6 is 0 Å². The molecule has 1 aliphatic heterocycles. The quantitative estimate of drug-likeness (QED) is 0.874. The Bertz CT molecular complexity index is 921. The Hall–Kier alpha value is -2.18. The molecule has 1 heterocycles. The second-order valence-corrected chi connectivity index (χ2v) is 8.56. The molecule has 3 rings (SSSR count). The Balaban J connectivity index is 1.79. The normalized spacial score (nSPS) is 16.1. The fourth-order valence-electron chi connectivity index (χ4n) is 3.32. The van der Waals surface area contributed by atoms with E-state index in [0.29, 0.717) is 13.0 Å². The number of rotatable bonds is 5. The minimum atomic E-state index is -3.64. The third kappa shape index (κ3) is 3.81. The van der Waals surface area contributed by atoms with E-state index in [4.69, 9.17) is 0 Å². The van der Waals surface area contributed by atoms with E-state index in [2.05, 4.69) is 4.72 Å². The summed E-state index contributed by atoms with van der Waals surface area (Å²) in [5.74, 6) is 0.0854. The van der Waals surface area contributed by atoms with Crippen molar-refractivity contribution in [3.05, 3.63) is 59.2 Å². The van der Waals surface area contributed by atoms with Crippen LogP contribution < -0.4 is 9.62 Å². The van der Waals surface area contributed by atoms with Gasteiger partial charge in [0.2, 0.25) is 15.9 Å². The molecule has 0 saturated carbocycles. The molecule has 0 radical (unpaired) electrons. The maximum atomic E-state index is 12.7. The van der Waals surface area contributed by atoms with Crippen LogP contribution in [0.4, 0.5) is 5.69 Å². The predicted molar refractivity (Wildman–Crippen MR) is 103 cm³/mol. The van der Waals surface area contributed by atoms with Crippen LogP contribution in [0.15, 0.2) is 47.4 Å². The number of benzene rings is 2. The van der Waals surface area contributed by atoms with Crippen molar-refractivity contribution in [2.45, 2.75) is 44.6 Å². The van der Waals surface area contributed by atoms with Gasteiger partial charge in [0.25, 0.3) is 0 Å². The van der Waals surface area contributed by atoms with Crippen LogP contribution in [0, 0.1) is 13.8 Å². The van der Waals surface area contributed by atoms with Crippen LogP contribution in [0.25, 0.3) is 0 Å². The van der Waals surface area contributed by atoms with Gasteiger partial charge in [-0.1, -0.05) is 23.8 Å². The number of nitrogens with one attached hydrogen (secondary N) is 1. The molecular weight excluding hydrogens is 348 g/mol. The number of anilines is 1.